The quantitative estimate of drug-likeness (QED) is 0.846. The molecule has 2 N–H and O–H groups in total. The number of halogens is 2. The topological polar surface area (TPSA) is 57.8 Å². The molecule has 1 heterocycles. The molecule has 0 aliphatic rings. The summed E-state index contributed by atoms with van der Waals surface area (Å²) in [6, 6.07) is 4.06. The van der Waals surface area contributed by atoms with Crippen LogP contribution in [0.5, 0.6) is 0 Å². The molecule has 0 unspecified atom stereocenters. The fourth-order valence-electron chi connectivity index (χ4n) is 1.20. The van der Waals surface area contributed by atoms with Crippen LogP contribution in [0.2, 0.25) is 5.02 Å². The molecule has 16 heavy (non-hydrogen) atoms. The highest BCUT2D eigenvalue weighted by Gasteiger charge is 2.13. The van der Waals surface area contributed by atoms with Gasteiger partial charge >= 0.3 is 0 Å². The Hall–Kier alpha value is -1.88. The lowest BCUT2D eigenvalue weighted by molar-refractivity contribution is 0.102. The Morgan fingerprint density at radius 2 is 2.31 bits per heavy atom. The Balaban J connectivity index is 2.24. The molecule has 0 radical (unpaired) electrons. The van der Waals surface area contributed by atoms with Gasteiger partial charge in [-0.05, 0) is 12.1 Å². The van der Waals surface area contributed by atoms with Crippen LogP contribution in [0.4, 0.5) is 10.1 Å². The number of hydrogen-bond acceptors (Lipinski definition) is 2. The molecule has 0 bridgehead atoms. The zero-order valence-electron chi connectivity index (χ0n) is 8.00. The normalized spacial score (nSPS) is 10.1. The van der Waals surface area contributed by atoms with Crippen molar-refractivity contribution in [2.24, 2.45) is 0 Å². The minimum atomic E-state index is -0.624. The van der Waals surface area contributed by atoms with Crippen LogP contribution in [0, 0.1) is 5.82 Å². The van der Waals surface area contributed by atoms with Gasteiger partial charge in [-0.2, -0.15) is 5.10 Å². The molecule has 1 amide bonds. The fraction of sp³-hybridized carbons (Fsp3) is 0. The first kappa shape index (κ1) is 10.6. The fourth-order valence-corrected chi connectivity index (χ4v) is 1.41. The van der Waals surface area contributed by atoms with E-state index in [0.717, 1.165) is 0 Å². The predicted octanol–water partition coefficient (Wildman–Crippen LogP) is 2.45. The van der Waals surface area contributed by atoms with Gasteiger partial charge in [0, 0.05) is 6.20 Å². The third-order valence-electron chi connectivity index (χ3n) is 1.95. The summed E-state index contributed by atoms with van der Waals surface area (Å²) in [6.45, 7) is 0. The van der Waals surface area contributed by atoms with E-state index < -0.39 is 11.7 Å². The SMILES string of the molecule is O=C(Nc1cn[nH]c1)c1cccc(F)c1Cl. The number of nitrogens with one attached hydrogen (secondary N) is 2. The zero-order chi connectivity index (χ0) is 11.5. The van der Waals surface area contributed by atoms with Crippen LogP contribution in [0.25, 0.3) is 0 Å². The first-order valence-corrected chi connectivity index (χ1v) is 4.80. The van der Waals surface area contributed by atoms with Crippen molar-refractivity contribution >= 4 is 23.2 Å². The van der Waals surface area contributed by atoms with Crippen LogP contribution >= 0.6 is 11.6 Å². The molecule has 1 aromatic carbocycles. The highest BCUT2D eigenvalue weighted by atomic mass is 35.5. The number of H-pyrrole nitrogens is 1. The van der Waals surface area contributed by atoms with Crippen LogP contribution in [0.3, 0.4) is 0 Å². The first-order valence-electron chi connectivity index (χ1n) is 4.42. The van der Waals surface area contributed by atoms with E-state index in [4.69, 9.17) is 11.6 Å². The Morgan fingerprint density at radius 1 is 1.50 bits per heavy atom. The molecule has 0 saturated heterocycles. The highest BCUT2D eigenvalue weighted by Crippen LogP contribution is 2.20. The van der Waals surface area contributed by atoms with E-state index in [1.807, 2.05) is 0 Å². The van der Waals surface area contributed by atoms with Crippen LogP contribution in [0.15, 0.2) is 30.6 Å². The summed E-state index contributed by atoms with van der Waals surface area (Å²) in [5.41, 5.74) is 0.577. The molecule has 2 aromatic rings. The van der Waals surface area contributed by atoms with Gasteiger partial charge in [0.15, 0.2) is 0 Å². The van der Waals surface area contributed by atoms with Crippen molar-refractivity contribution in [2.45, 2.75) is 0 Å². The van der Waals surface area contributed by atoms with E-state index >= 15 is 0 Å². The van der Waals surface area contributed by atoms with Gasteiger partial charge in [0.2, 0.25) is 0 Å². The summed E-state index contributed by atoms with van der Waals surface area (Å²) in [5, 5.41) is 8.53. The Morgan fingerprint density at radius 3 is 3.00 bits per heavy atom. The van der Waals surface area contributed by atoms with Crippen molar-refractivity contribution < 1.29 is 9.18 Å². The second kappa shape index (κ2) is 4.32. The summed E-state index contributed by atoms with van der Waals surface area (Å²) in [5.74, 6) is -1.10. The number of nitrogens with zero attached hydrogens (tertiary/aromatic N) is 1. The molecular formula is C10H7ClFN3O. The average molecular weight is 240 g/mol. The van der Waals surface area contributed by atoms with E-state index in [1.54, 1.807) is 0 Å². The summed E-state index contributed by atoms with van der Waals surface area (Å²) in [7, 11) is 0. The van der Waals surface area contributed by atoms with Crippen LogP contribution < -0.4 is 5.32 Å². The molecule has 0 atom stereocenters. The molecule has 2 rings (SSSR count). The van der Waals surface area contributed by atoms with Gasteiger partial charge in [-0.15, -0.1) is 0 Å². The third kappa shape index (κ3) is 2.04. The smallest absolute Gasteiger partial charge is 0.257 e. The lowest BCUT2D eigenvalue weighted by Crippen LogP contribution is -2.12. The van der Waals surface area contributed by atoms with Crippen LogP contribution in [0.1, 0.15) is 10.4 Å². The molecule has 0 saturated carbocycles. The Bertz CT molecular complexity index is 513. The summed E-state index contributed by atoms with van der Waals surface area (Å²) < 4.78 is 13.1. The highest BCUT2D eigenvalue weighted by molar-refractivity contribution is 6.34. The van der Waals surface area contributed by atoms with Crippen LogP contribution in [-0.4, -0.2) is 16.1 Å². The van der Waals surface area contributed by atoms with Crippen molar-refractivity contribution in [1.29, 1.82) is 0 Å². The molecule has 0 spiro atoms. The molecule has 82 valence electrons. The number of aromatic nitrogens is 2. The number of carbonyl (C=O) groups excluding carboxylic acids is 1. The molecule has 4 nitrogen and oxygen atoms in total. The summed E-state index contributed by atoms with van der Waals surface area (Å²) >= 11 is 5.67. The van der Waals surface area contributed by atoms with Gasteiger partial charge in [-0.25, -0.2) is 4.39 Å². The lowest BCUT2D eigenvalue weighted by atomic mass is 10.2. The summed E-state index contributed by atoms with van der Waals surface area (Å²) in [6.07, 6.45) is 2.94. The molecular weight excluding hydrogens is 233 g/mol. The number of amides is 1. The van der Waals surface area contributed by atoms with Gasteiger partial charge < -0.3 is 5.32 Å². The maximum atomic E-state index is 13.1. The van der Waals surface area contributed by atoms with Crippen molar-refractivity contribution in [2.75, 3.05) is 5.32 Å². The van der Waals surface area contributed by atoms with Gasteiger partial charge in [0.1, 0.15) is 5.82 Å². The monoisotopic (exact) mass is 239 g/mol. The van der Waals surface area contributed by atoms with Gasteiger partial charge in [-0.3, -0.25) is 9.89 Å². The Kier molecular flexibility index (Phi) is 2.87. The maximum Gasteiger partial charge on any atom is 0.257 e. The maximum absolute atomic E-state index is 13.1. The van der Waals surface area contributed by atoms with E-state index in [1.165, 1.54) is 30.6 Å². The first-order chi connectivity index (χ1) is 7.68. The molecule has 0 aliphatic carbocycles. The standard InChI is InChI=1S/C10H7ClFN3O/c11-9-7(2-1-3-8(9)12)10(16)15-6-4-13-14-5-6/h1-5H,(H,13,14)(H,15,16). The Labute approximate surface area is 95.4 Å². The second-order valence-corrected chi connectivity index (χ2v) is 3.42. The molecule has 0 aliphatic heterocycles. The number of aromatic amines is 1. The van der Waals surface area contributed by atoms with E-state index in [9.17, 15) is 9.18 Å². The number of carbonyl (C=O) groups is 1. The third-order valence-corrected chi connectivity index (χ3v) is 2.34. The molecule has 1 aromatic heterocycles. The van der Waals surface area contributed by atoms with E-state index in [0.29, 0.717) is 5.69 Å². The largest absolute Gasteiger partial charge is 0.319 e. The van der Waals surface area contributed by atoms with E-state index in [2.05, 4.69) is 15.5 Å². The number of anilines is 1. The average Bonchev–Trinajstić information content (AvgIpc) is 2.74. The van der Waals surface area contributed by atoms with Gasteiger partial charge in [0.05, 0.1) is 22.5 Å². The summed E-state index contributed by atoms with van der Waals surface area (Å²) in [4.78, 5) is 11.7. The number of hydrogen-bond donors (Lipinski definition) is 2. The molecule has 6 heteroatoms. The van der Waals surface area contributed by atoms with Gasteiger partial charge in [0.25, 0.3) is 5.91 Å². The van der Waals surface area contributed by atoms with Gasteiger partial charge in [-0.1, -0.05) is 17.7 Å². The van der Waals surface area contributed by atoms with Crippen molar-refractivity contribution in [3.05, 3.63) is 47.0 Å². The van der Waals surface area contributed by atoms with Crippen molar-refractivity contribution in [3.8, 4) is 0 Å². The zero-order valence-corrected chi connectivity index (χ0v) is 8.75. The second-order valence-electron chi connectivity index (χ2n) is 3.04. The van der Waals surface area contributed by atoms with E-state index in [-0.39, 0.29) is 10.6 Å². The minimum Gasteiger partial charge on any atom is -0.319 e. The minimum absolute atomic E-state index is 0.0860. The molecule has 0 fully saturated rings. The lowest BCUT2D eigenvalue weighted by Gasteiger charge is -2.04. The number of benzene rings is 1. The van der Waals surface area contributed by atoms with Crippen molar-refractivity contribution in [1.82, 2.24) is 10.2 Å². The number of rotatable bonds is 2. The van der Waals surface area contributed by atoms with Crippen molar-refractivity contribution in [3.63, 3.8) is 0 Å². The van der Waals surface area contributed by atoms with Crippen LogP contribution in [-0.2, 0) is 0 Å². The predicted molar refractivity (Wildman–Crippen MR) is 58.0 cm³/mol.